The Morgan fingerprint density at radius 1 is 1.24 bits per heavy atom. The molecule has 2 heterocycles. The number of hydrogen-bond donors (Lipinski definition) is 1. The fraction of sp³-hybridized carbons (Fsp3) is 0.400. The normalized spacial score (nSPS) is 17.4. The first-order valence-corrected chi connectivity index (χ1v) is 8.70. The van der Waals surface area contributed by atoms with Crippen molar-refractivity contribution in [2.24, 2.45) is 5.92 Å². The highest BCUT2D eigenvalue weighted by Crippen LogP contribution is 2.20. The van der Waals surface area contributed by atoms with Crippen LogP contribution in [0.3, 0.4) is 0 Å². The monoisotopic (exact) mass is 340 g/mol. The molecule has 1 aromatic carbocycles. The van der Waals surface area contributed by atoms with Crippen molar-refractivity contribution < 1.29 is 14.0 Å². The molecule has 1 saturated heterocycles. The molecule has 0 unspecified atom stereocenters. The summed E-state index contributed by atoms with van der Waals surface area (Å²) < 4.78 is 5.23. The molecule has 1 fully saturated rings. The number of rotatable bonds is 4. The van der Waals surface area contributed by atoms with E-state index in [0.717, 1.165) is 29.7 Å². The highest BCUT2D eigenvalue weighted by Gasteiger charge is 2.29. The van der Waals surface area contributed by atoms with Gasteiger partial charge in [-0.25, -0.2) is 0 Å². The number of benzene rings is 1. The Morgan fingerprint density at radius 2 is 2.00 bits per heavy atom. The number of aryl methyl sites for hydroxylation is 2. The summed E-state index contributed by atoms with van der Waals surface area (Å²) >= 11 is 0. The Hall–Kier alpha value is -2.56. The lowest BCUT2D eigenvalue weighted by Gasteiger charge is -2.32. The van der Waals surface area contributed by atoms with Crippen LogP contribution in [-0.4, -0.2) is 29.8 Å². The maximum absolute atomic E-state index is 12.8. The molecule has 5 nitrogen and oxygen atoms in total. The lowest BCUT2D eigenvalue weighted by atomic mass is 9.96. The summed E-state index contributed by atoms with van der Waals surface area (Å²) in [4.78, 5) is 27.0. The summed E-state index contributed by atoms with van der Waals surface area (Å²) in [6.07, 6.45) is 3.24. The van der Waals surface area contributed by atoms with Crippen LogP contribution in [0.4, 0.5) is 0 Å². The zero-order valence-corrected chi connectivity index (χ0v) is 14.7. The van der Waals surface area contributed by atoms with Crippen LogP contribution in [0.1, 0.15) is 40.1 Å². The molecule has 1 aliphatic rings. The third-order valence-corrected chi connectivity index (χ3v) is 4.56. The zero-order chi connectivity index (χ0) is 17.8. The molecule has 0 saturated carbocycles. The van der Waals surface area contributed by atoms with Crippen molar-refractivity contribution in [3.8, 4) is 0 Å². The Morgan fingerprint density at radius 3 is 2.68 bits per heavy atom. The van der Waals surface area contributed by atoms with E-state index < -0.39 is 0 Å². The van der Waals surface area contributed by atoms with Crippen LogP contribution in [0.2, 0.25) is 0 Å². The Balaban J connectivity index is 1.62. The van der Waals surface area contributed by atoms with Gasteiger partial charge in [-0.15, -0.1) is 0 Å². The molecular weight excluding hydrogens is 316 g/mol. The largest absolute Gasteiger partial charge is 0.467 e. The first-order chi connectivity index (χ1) is 12.0. The van der Waals surface area contributed by atoms with Crippen molar-refractivity contribution >= 4 is 11.8 Å². The van der Waals surface area contributed by atoms with E-state index in [2.05, 4.69) is 11.4 Å². The molecule has 1 atom stereocenters. The highest BCUT2D eigenvalue weighted by molar-refractivity contribution is 5.95. The molecular formula is C20H24N2O3. The van der Waals surface area contributed by atoms with E-state index in [9.17, 15) is 9.59 Å². The minimum atomic E-state index is -0.168. The van der Waals surface area contributed by atoms with Crippen LogP contribution in [0, 0.1) is 19.8 Å². The second kappa shape index (κ2) is 7.55. The molecule has 3 rings (SSSR count). The van der Waals surface area contributed by atoms with Crippen molar-refractivity contribution in [3.63, 3.8) is 0 Å². The molecule has 0 radical (unpaired) electrons. The molecule has 1 aliphatic heterocycles. The van der Waals surface area contributed by atoms with E-state index in [1.807, 2.05) is 32.0 Å². The van der Waals surface area contributed by atoms with Gasteiger partial charge in [0.25, 0.3) is 5.91 Å². The lowest BCUT2D eigenvalue weighted by Crippen LogP contribution is -2.45. The average molecular weight is 340 g/mol. The molecule has 0 spiro atoms. The standard InChI is InChI=1S/C20H24N2O3/c1-14-9-15(2)11-17(10-14)20(24)22-7-3-5-16(13-22)19(23)21-12-18-6-4-8-25-18/h4,6,8-11,16H,3,5,7,12-13H2,1-2H3,(H,21,23)/t16-/m1/s1. The fourth-order valence-corrected chi connectivity index (χ4v) is 3.39. The van der Waals surface area contributed by atoms with Crippen molar-refractivity contribution in [2.45, 2.75) is 33.2 Å². The van der Waals surface area contributed by atoms with Crippen molar-refractivity contribution in [1.82, 2.24) is 10.2 Å². The van der Waals surface area contributed by atoms with E-state index in [4.69, 9.17) is 4.42 Å². The molecule has 2 aromatic rings. The van der Waals surface area contributed by atoms with Gasteiger partial charge < -0.3 is 14.6 Å². The predicted octanol–water partition coefficient (Wildman–Crippen LogP) is 3.07. The summed E-state index contributed by atoms with van der Waals surface area (Å²) in [6, 6.07) is 9.51. The van der Waals surface area contributed by atoms with Gasteiger partial charge in [-0.3, -0.25) is 9.59 Å². The smallest absolute Gasteiger partial charge is 0.253 e. The van der Waals surface area contributed by atoms with Gasteiger partial charge in [-0.1, -0.05) is 17.2 Å². The number of carbonyl (C=O) groups excluding carboxylic acids is 2. The Kier molecular flexibility index (Phi) is 5.22. The summed E-state index contributed by atoms with van der Waals surface area (Å²) in [5, 5.41) is 2.90. The SMILES string of the molecule is Cc1cc(C)cc(C(=O)N2CCC[C@@H](C(=O)NCc3ccco3)C2)c1. The quantitative estimate of drug-likeness (QED) is 0.930. The van der Waals surface area contributed by atoms with Crippen LogP contribution in [-0.2, 0) is 11.3 Å². The van der Waals surface area contributed by atoms with Crippen LogP contribution < -0.4 is 5.32 Å². The number of piperidine rings is 1. The summed E-state index contributed by atoms with van der Waals surface area (Å²) in [5.74, 6) is 0.551. The van der Waals surface area contributed by atoms with E-state index in [-0.39, 0.29) is 17.7 Å². The van der Waals surface area contributed by atoms with Crippen LogP contribution in [0.25, 0.3) is 0 Å². The average Bonchev–Trinajstić information content (AvgIpc) is 3.12. The fourth-order valence-electron chi connectivity index (χ4n) is 3.39. The van der Waals surface area contributed by atoms with Gasteiger partial charge in [0.05, 0.1) is 18.7 Å². The van der Waals surface area contributed by atoms with E-state index >= 15 is 0 Å². The van der Waals surface area contributed by atoms with Gasteiger partial charge in [-0.05, 0) is 51.0 Å². The third kappa shape index (κ3) is 4.29. The van der Waals surface area contributed by atoms with Crippen LogP contribution >= 0.6 is 0 Å². The number of carbonyl (C=O) groups is 2. The Labute approximate surface area is 148 Å². The molecule has 132 valence electrons. The lowest BCUT2D eigenvalue weighted by molar-refractivity contribution is -0.126. The summed E-state index contributed by atoms with van der Waals surface area (Å²) in [7, 11) is 0. The third-order valence-electron chi connectivity index (χ3n) is 4.56. The van der Waals surface area contributed by atoms with Gasteiger partial charge in [0.15, 0.2) is 0 Å². The van der Waals surface area contributed by atoms with Crippen LogP contribution in [0.15, 0.2) is 41.0 Å². The van der Waals surface area contributed by atoms with Gasteiger partial charge in [0.1, 0.15) is 5.76 Å². The second-order valence-corrected chi connectivity index (χ2v) is 6.76. The number of nitrogens with one attached hydrogen (secondary N) is 1. The topological polar surface area (TPSA) is 62.6 Å². The van der Waals surface area contributed by atoms with Crippen LogP contribution in [0.5, 0.6) is 0 Å². The molecule has 1 aromatic heterocycles. The number of furan rings is 1. The maximum atomic E-state index is 12.8. The molecule has 5 heteroatoms. The zero-order valence-electron chi connectivity index (χ0n) is 14.7. The van der Waals surface area contributed by atoms with Gasteiger partial charge >= 0.3 is 0 Å². The van der Waals surface area contributed by atoms with Gasteiger partial charge in [-0.2, -0.15) is 0 Å². The van der Waals surface area contributed by atoms with E-state index in [1.165, 1.54) is 0 Å². The van der Waals surface area contributed by atoms with E-state index in [0.29, 0.717) is 25.2 Å². The summed E-state index contributed by atoms with van der Waals surface area (Å²) in [6.45, 7) is 5.53. The van der Waals surface area contributed by atoms with Gasteiger partial charge in [0.2, 0.25) is 5.91 Å². The Bertz CT molecular complexity index is 732. The number of likely N-dealkylation sites (tertiary alicyclic amines) is 1. The second-order valence-electron chi connectivity index (χ2n) is 6.76. The molecule has 25 heavy (non-hydrogen) atoms. The maximum Gasteiger partial charge on any atom is 0.253 e. The first kappa shape index (κ1) is 17.3. The highest BCUT2D eigenvalue weighted by atomic mass is 16.3. The van der Waals surface area contributed by atoms with Crippen molar-refractivity contribution in [1.29, 1.82) is 0 Å². The van der Waals surface area contributed by atoms with Crippen molar-refractivity contribution in [2.75, 3.05) is 13.1 Å². The predicted molar refractivity (Wildman–Crippen MR) is 95.1 cm³/mol. The summed E-state index contributed by atoms with van der Waals surface area (Å²) in [5.41, 5.74) is 2.86. The number of nitrogens with zero attached hydrogens (tertiary/aromatic N) is 1. The van der Waals surface area contributed by atoms with Gasteiger partial charge in [0, 0.05) is 18.7 Å². The minimum Gasteiger partial charge on any atom is -0.467 e. The number of amides is 2. The minimum absolute atomic E-state index is 0.00957. The first-order valence-electron chi connectivity index (χ1n) is 8.70. The van der Waals surface area contributed by atoms with Crippen molar-refractivity contribution in [3.05, 3.63) is 59.0 Å². The number of hydrogen-bond acceptors (Lipinski definition) is 3. The molecule has 1 N–H and O–H groups in total. The van der Waals surface area contributed by atoms with E-state index in [1.54, 1.807) is 17.2 Å². The molecule has 0 bridgehead atoms. The molecule has 0 aliphatic carbocycles. The molecule has 2 amide bonds.